The molecule has 20 heavy (non-hydrogen) atoms. The highest BCUT2D eigenvalue weighted by Crippen LogP contribution is 2.21. The average Bonchev–Trinajstić information content (AvgIpc) is 2.69. The summed E-state index contributed by atoms with van der Waals surface area (Å²) in [6.45, 7) is 0.227. The molecule has 0 saturated carbocycles. The molecule has 2 N–H and O–H groups in total. The lowest BCUT2D eigenvalue weighted by Crippen LogP contribution is -2.05. The Balaban J connectivity index is 2.05. The summed E-state index contributed by atoms with van der Waals surface area (Å²) in [4.78, 5) is 4.04. The Bertz CT molecular complexity index is 796. The van der Waals surface area contributed by atoms with Crippen molar-refractivity contribution in [1.29, 1.82) is 0 Å². The zero-order chi connectivity index (χ0) is 14.3. The Labute approximate surface area is 112 Å². The Morgan fingerprint density at radius 2 is 1.80 bits per heavy atom. The van der Waals surface area contributed by atoms with Gasteiger partial charge < -0.3 is 10.3 Å². The van der Waals surface area contributed by atoms with Crippen molar-refractivity contribution in [3.8, 4) is 0 Å². The number of nitrogens with zero attached hydrogens (tertiary/aromatic N) is 2. The molecule has 0 spiro atoms. The van der Waals surface area contributed by atoms with Crippen LogP contribution in [0.3, 0.4) is 0 Å². The molecular weight excluding hydrogens is 267 g/mol. The van der Waals surface area contributed by atoms with E-state index in [1.165, 1.54) is 18.2 Å². The molecule has 3 rings (SSSR count). The van der Waals surface area contributed by atoms with E-state index >= 15 is 0 Å². The number of imidazole rings is 1. The summed E-state index contributed by atoms with van der Waals surface area (Å²) in [6.07, 6.45) is 0. The summed E-state index contributed by atoms with van der Waals surface area (Å²) in [6, 6.07) is 7.74. The van der Waals surface area contributed by atoms with Crippen LogP contribution >= 0.6 is 0 Å². The molecule has 0 aliphatic heterocycles. The fourth-order valence-electron chi connectivity index (χ4n) is 2.11. The topological polar surface area (TPSA) is 43.8 Å². The molecule has 0 saturated heterocycles. The molecule has 102 valence electrons. The van der Waals surface area contributed by atoms with Crippen LogP contribution in [0.4, 0.5) is 19.1 Å². The first-order valence-electron chi connectivity index (χ1n) is 5.90. The highest BCUT2D eigenvalue weighted by molar-refractivity contribution is 5.78. The van der Waals surface area contributed by atoms with Crippen molar-refractivity contribution in [2.24, 2.45) is 0 Å². The molecule has 0 aliphatic rings. The maximum Gasteiger partial charge on any atom is 0.201 e. The largest absolute Gasteiger partial charge is 0.369 e. The minimum absolute atomic E-state index is 0.190. The molecule has 3 aromatic rings. The number of nitrogens with two attached hydrogens (primary N) is 1. The smallest absolute Gasteiger partial charge is 0.201 e. The summed E-state index contributed by atoms with van der Waals surface area (Å²) < 4.78 is 40.8. The van der Waals surface area contributed by atoms with E-state index in [2.05, 4.69) is 4.98 Å². The van der Waals surface area contributed by atoms with Crippen LogP contribution in [0.5, 0.6) is 0 Å². The van der Waals surface area contributed by atoms with E-state index in [-0.39, 0.29) is 12.5 Å². The van der Waals surface area contributed by atoms with Crippen molar-refractivity contribution >= 4 is 17.0 Å². The molecule has 3 nitrogen and oxygen atoms in total. The average molecular weight is 277 g/mol. The third-order valence-electron chi connectivity index (χ3n) is 3.06. The van der Waals surface area contributed by atoms with E-state index in [9.17, 15) is 13.2 Å². The van der Waals surface area contributed by atoms with Gasteiger partial charge in [0.05, 0.1) is 17.6 Å². The van der Waals surface area contributed by atoms with Crippen molar-refractivity contribution in [3.63, 3.8) is 0 Å². The van der Waals surface area contributed by atoms with Gasteiger partial charge in [-0.25, -0.2) is 18.2 Å². The number of nitrogen functional groups attached to an aromatic ring is 1. The fourth-order valence-corrected chi connectivity index (χ4v) is 2.11. The molecule has 0 fully saturated rings. The molecule has 0 bridgehead atoms. The number of rotatable bonds is 2. The second kappa shape index (κ2) is 4.56. The van der Waals surface area contributed by atoms with Crippen molar-refractivity contribution in [2.45, 2.75) is 6.54 Å². The van der Waals surface area contributed by atoms with Crippen LogP contribution in [0, 0.1) is 17.5 Å². The van der Waals surface area contributed by atoms with Gasteiger partial charge in [0.15, 0.2) is 11.6 Å². The SMILES string of the molecule is Nc1nc2cc(F)ccc2n1Cc1ccc(F)c(F)c1. The number of benzene rings is 2. The second-order valence-electron chi connectivity index (χ2n) is 4.44. The van der Waals surface area contributed by atoms with Crippen molar-refractivity contribution in [3.05, 3.63) is 59.4 Å². The zero-order valence-corrected chi connectivity index (χ0v) is 10.3. The normalized spacial score (nSPS) is 11.2. The number of fused-ring (bicyclic) bond motifs is 1. The van der Waals surface area contributed by atoms with Crippen LogP contribution in [0.15, 0.2) is 36.4 Å². The predicted octanol–water partition coefficient (Wildman–Crippen LogP) is 3.08. The third-order valence-corrected chi connectivity index (χ3v) is 3.06. The van der Waals surface area contributed by atoms with Gasteiger partial charge >= 0.3 is 0 Å². The van der Waals surface area contributed by atoms with E-state index in [0.29, 0.717) is 16.6 Å². The lowest BCUT2D eigenvalue weighted by atomic mass is 10.2. The summed E-state index contributed by atoms with van der Waals surface area (Å²) in [7, 11) is 0. The Morgan fingerprint density at radius 3 is 2.55 bits per heavy atom. The first-order valence-corrected chi connectivity index (χ1v) is 5.90. The molecule has 0 atom stereocenters. The minimum Gasteiger partial charge on any atom is -0.369 e. The Kier molecular flexibility index (Phi) is 2.85. The number of hydrogen-bond acceptors (Lipinski definition) is 2. The van der Waals surface area contributed by atoms with Crippen LogP contribution in [-0.2, 0) is 6.54 Å². The second-order valence-corrected chi connectivity index (χ2v) is 4.44. The molecule has 6 heteroatoms. The summed E-state index contributed by atoms with van der Waals surface area (Å²) in [5, 5.41) is 0. The third kappa shape index (κ3) is 2.09. The lowest BCUT2D eigenvalue weighted by molar-refractivity contribution is 0.506. The highest BCUT2D eigenvalue weighted by atomic mass is 19.2. The lowest BCUT2D eigenvalue weighted by Gasteiger charge is -2.07. The molecular formula is C14H10F3N3. The van der Waals surface area contributed by atoms with E-state index in [1.807, 2.05) is 0 Å². The van der Waals surface area contributed by atoms with Crippen molar-refractivity contribution < 1.29 is 13.2 Å². The van der Waals surface area contributed by atoms with Gasteiger partial charge in [-0.2, -0.15) is 0 Å². The number of anilines is 1. The maximum absolute atomic E-state index is 13.2. The van der Waals surface area contributed by atoms with Crippen LogP contribution in [-0.4, -0.2) is 9.55 Å². The first kappa shape index (κ1) is 12.5. The van der Waals surface area contributed by atoms with Gasteiger partial charge in [0.25, 0.3) is 0 Å². The van der Waals surface area contributed by atoms with Crippen LogP contribution in [0.1, 0.15) is 5.56 Å². The first-order chi connectivity index (χ1) is 9.54. The van der Waals surface area contributed by atoms with E-state index < -0.39 is 17.5 Å². The van der Waals surface area contributed by atoms with Crippen LogP contribution in [0.2, 0.25) is 0 Å². The predicted molar refractivity (Wildman–Crippen MR) is 69.6 cm³/mol. The Hall–Kier alpha value is -2.50. The number of aromatic nitrogens is 2. The summed E-state index contributed by atoms with van der Waals surface area (Å²) >= 11 is 0. The monoisotopic (exact) mass is 277 g/mol. The molecule has 1 heterocycles. The highest BCUT2D eigenvalue weighted by Gasteiger charge is 2.10. The molecule has 0 amide bonds. The van der Waals surface area contributed by atoms with Gasteiger partial charge in [-0.05, 0) is 29.8 Å². The number of hydrogen-bond donors (Lipinski definition) is 1. The summed E-state index contributed by atoms with van der Waals surface area (Å²) in [5.74, 6) is -2.04. The van der Waals surface area contributed by atoms with Gasteiger partial charge in [-0.1, -0.05) is 6.07 Å². The molecule has 0 aliphatic carbocycles. The van der Waals surface area contributed by atoms with Crippen LogP contribution < -0.4 is 5.73 Å². The van der Waals surface area contributed by atoms with Gasteiger partial charge in [0.1, 0.15) is 5.82 Å². The minimum atomic E-state index is -0.920. The molecule has 0 radical (unpaired) electrons. The van der Waals surface area contributed by atoms with E-state index in [4.69, 9.17) is 5.73 Å². The van der Waals surface area contributed by atoms with Crippen molar-refractivity contribution in [1.82, 2.24) is 9.55 Å². The maximum atomic E-state index is 13.2. The van der Waals surface area contributed by atoms with Gasteiger partial charge in [-0.15, -0.1) is 0 Å². The summed E-state index contributed by atoms with van der Waals surface area (Å²) in [5.41, 5.74) is 7.38. The number of halogens is 3. The van der Waals surface area contributed by atoms with Gasteiger partial charge in [0.2, 0.25) is 5.95 Å². The quantitative estimate of drug-likeness (QED) is 0.782. The van der Waals surface area contributed by atoms with Crippen molar-refractivity contribution in [2.75, 3.05) is 5.73 Å². The van der Waals surface area contributed by atoms with Gasteiger partial charge in [-0.3, -0.25) is 0 Å². The molecule has 1 aromatic heterocycles. The standard InChI is InChI=1S/C14H10F3N3/c15-9-2-4-13-12(6-9)19-14(18)20(13)7-8-1-3-10(16)11(17)5-8/h1-6H,7H2,(H2,18,19). The van der Waals surface area contributed by atoms with E-state index in [1.54, 1.807) is 10.6 Å². The van der Waals surface area contributed by atoms with E-state index in [0.717, 1.165) is 12.1 Å². The molecule has 2 aromatic carbocycles. The Morgan fingerprint density at radius 1 is 1.00 bits per heavy atom. The molecule has 0 unspecified atom stereocenters. The van der Waals surface area contributed by atoms with Gasteiger partial charge in [0, 0.05) is 6.07 Å². The van der Waals surface area contributed by atoms with Crippen LogP contribution in [0.25, 0.3) is 11.0 Å². The fraction of sp³-hybridized carbons (Fsp3) is 0.0714. The zero-order valence-electron chi connectivity index (χ0n) is 10.3.